The van der Waals surface area contributed by atoms with Gasteiger partial charge in [0.1, 0.15) is 5.75 Å². The second-order valence-corrected chi connectivity index (χ2v) is 6.22. The zero-order valence-electron chi connectivity index (χ0n) is 12.1. The molecule has 1 fully saturated rings. The topological polar surface area (TPSA) is 21.3 Å². The van der Waals surface area contributed by atoms with Gasteiger partial charge in [0.25, 0.3) is 0 Å². The van der Waals surface area contributed by atoms with Gasteiger partial charge >= 0.3 is 0 Å². The van der Waals surface area contributed by atoms with Crippen molar-refractivity contribution < 1.29 is 4.74 Å². The van der Waals surface area contributed by atoms with E-state index >= 15 is 0 Å². The van der Waals surface area contributed by atoms with Crippen LogP contribution in [0.2, 0.25) is 0 Å². The second-order valence-electron chi connectivity index (χ2n) is 6.22. The van der Waals surface area contributed by atoms with Crippen LogP contribution in [0.15, 0.2) is 18.2 Å². The van der Waals surface area contributed by atoms with E-state index in [4.69, 9.17) is 4.74 Å². The average Bonchev–Trinajstić information content (AvgIpc) is 2.88. The minimum absolute atomic E-state index is 0.441. The van der Waals surface area contributed by atoms with Crippen LogP contribution < -0.4 is 10.1 Å². The van der Waals surface area contributed by atoms with Gasteiger partial charge in [-0.05, 0) is 42.9 Å². The minimum atomic E-state index is 0.441. The molecule has 0 aromatic heterocycles. The fourth-order valence-electron chi connectivity index (χ4n) is 3.46. The van der Waals surface area contributed by atoms with E-state index in [9.17, 15) is 0 Å². The van der Waals surface area contributed by atoms with Crippen molar-refractivity contribution in [2.75, 3.05) is 6.61 Å². The summed E-state index contributed by atoms with van der Waals surface area (Å²) in [4.78, 5) is 0. The van der Waals surface area contributed by atoms with Crippen LogP contribution in [-0.4, -0.2) is 12.6 Å². The van der Waals surface area contributed by atoms with Crippen molar-refractivity contribution >= 4 is 0 Å². The van der Waals surface area contributed by atoms with E-state index in [1.165, 1.54) is 36.8 Å². The molecule has 1 N–H and O–H groups in total. The predicted octanol–water partition coefficient (Wildman–Crippen LogP) is 3.85. The van der Waals surface area contributed by atoms with E-state index in [0.717, 1.165) is 24.7 Å². The molecule has 2 nitrogen and oxygen atoms in total. The van der Waals surface area contributed by atoms with Gasteiger partial charge in [-0.25, -0.2) is 0 Å². The summed E-state index contributed by atoms with van der Waals surface area (Å²) < 4.78 is 5.58. The van der Waals surface area contributed by atoms with Gasteiger partial charge in [0.05, 0.1) is 6.61 Å². The molecule has 1 aromatic rings. The van der Waals surface area contributed by atoms with Crippen molar-refractivity contribution in [2.45, 2.75) is 58.0 Å². The Kier molecular flexibility index (Phi) is 3.79. The number of hydrogen-bond donors (Lipinski definition) is 1. The quantitative estimate of drug-likeness (QED) is 0.890. The maximum absolute atomic E-state index is 5.58. The lowest BCUT2D eigenvalue weighted by Gasteiger charge is -2.32. The van der Waals surface area contributed by atoms with Crippen LogP contribution in [0.1, 0.15) is 56.7 Å². The summed E-state index contributed by atoms with van der Waals surface area (Å²) in [6.45, 7) is 5.53. The first-order valence-electron chi connectivity index (χ1n) is 7.75. The van der Waals surface area contributed by atoms with E-state index in [0.29, 0.717) is 12.1 Å². The molecule has 1 aromatic carbocycles. The highest BCUT2D eigenvalue weighted by Gasteiger charge is 2.23. The highest BCUT2D eigenvalue weighted by Crippen LogP contribution is 2.30. The van der Waals surface area contributed by atoms with Crippen molar-refractivity contribution in [1.29, 1.82) is 0 Å². The monoisotopic (exact) mass is 259 g/mol. The van der Waals surface area contributed by atoms with Gasteiger partial charge in [-0.15, -0.1) is 0 Å². The predicted molar refractivity (Wildman–Crippen MR) is 78.6 cm³/mol. The Bertz CT molecular complexity index is 443. The van der Waals surface area contributed by atoms with Crippen molar-refractivity contribution in [1.82, 2.24) is 5.32 Å². The largest absolute Gasteiger partial charge is 0.493 e. The molecule has 2 aliphatic rings. The summed E-state index contributed by atoms with van der Waals surface area (Å²) in [5.41, 5.74) is 2.78. The van der Waals surface area contributed by atoms with Gasteiger partial charge in [0.15, 0.2) is 0 Å². The Morgan fingerprint density at radius 2 is 2.11 bits per heavy atom. The number of ether oxygens (including phenoxy) is 1. The normalized spacial score (nSPS) is 27.7. The third-order valence-electron chi connectivity index (χ3n) is 4.79. The molecular formula is C17H25NO. The molecule has 0 bridgehead atoms. The maximum Gasteiger partial charge on any atom is 0.122 e. The van der Waals surface area contributed by atoms with Crippen molar-refractivity contribution in [3.05, 3.63) is 29.3 Å². The molecule has 2 heteroatoms. The Balaban J connectivity index is 1.68. The van der Waals surface area contributed by atoms with Gasteiger partial charge in [-0.2, -0.15) is 0 Å². The number of rotatable bonds is 3. The summed E-state index contributed by atoms with van der Waals surface area (Å²) in [6.07, 6.45) is 6.56. The fraction of sp³-hybridized carbons (Fsp3) is 0.647. The molecule has 1 saturated carbocycles. The van der Waals surface area contributed by atoms with Gasteiger partial charge in [-0.3, -0.25) is 0 Å². The summed E-state index contributed by atoms with van der Waals surface area (Å²) in [5.74, 6) is 1.90. The average molecular weight is 259 g/mol. The lowest BCUT2D eigenvalue weighted by atomic mass is 9.85. The van der Waals surface area contributed by atoms with Crippen molar-refractivity contribution in [3.63, 3.8) is 0 Å². The smallest absolute Gasteiger partial charge is 0.122 e. The van der Waals surface area contributed by atoms with Crippen molar-refractivity contribution in [3.8, 4) is 5.75 Å². The number of nitrogens with one attached hydrogen (secondary N) is 1. The van der Waals surface area contributed by atoms with Crippen molar-refractivity contribution in [2.24, 2.45) is 5.92 Å². The van der Waals surface area contributed by atoms with E-state index < -0.39 is 0 Å². The van der Waals surface area contributed by atoms with Gasteiger partial charge in [0, 0.05) is 18.5 Å². The summed E-state index contributed by atoms with van der Waals surface area (Å²) in [5, 5.41) is 3.84. The van der Waals surface area contributed by atoms with Crippen LogP contribution in [0.4, 0.5) is 0 Å². The van der Waals surface area contributed by atoms with E-state index in [2.05, 4.69) is 37.4 Å². The van der Waals surface area contributed by atoms with Crippen LogP contribution in [0.25, 0.3) is 0 Å². The van der Waals surface area contributed by atoms with Gasteiger partial charge in [0.2, 0.25) is 0 Å². The van der Waals surface area contributed by atoms with E-state index in [1.807, 2.05) is 0 Å². The Morgan fingerprint density at radius 3 is 2.95 bits per heavy atom. The standard InChI is InChI=1S/C17H25NO/c1-12-5-3-4-6-16(12)18-13(2)14-7-8-17-15(11-14)9-10-19-17/h7-8,11-13,16,18H,3-6,9-10H2,1-2H3. The lowest BCUT2D eigenvalue weighted by molar-refractivity contribution is 0.263. The minimum Gasteiger partial charge on any atom is -0.493 e. The summed E-state index contributed by atoms with van der Waals surface area (Å²) in [7, 11) is 0. The molecule has 3 atom stereocenters. The zero-order valence-corrected chi connectivity index (χ0v) is 12.1. The molecule has 0 saturated heterocycles. The van der Waals surface area contributed by atoms with Gasteiger partial charge in [-0.1, -0.05) is 31.9 Å². The fourth-order valence-corrected chi connectivity index (χ4v) is 3.46. The maximum atomic E-state index is 5.58. The first-order valence-corrected chi connectivity index (χ1v) is 7.75. The number of fused-ring (bicyclic) bond motifs is 1. The highest BCUT2D eigenvalue weighted by atomic mass is 16.5. The van der Waals surface area contributed by atoms with E-state index in [-0.39, 0.29) is 0 Å². The first kappa shape index (κ1) is 13.0. The molecular weight excluding hydrogens is 234 g/mol. The van der Waals surface area contributed by atoms with E-state index in [1.54, 1.807) is 0 Å². The summed E-state index contributed by atoms with van der Waals surface area (Å²) in [6, 6.07) is 7.81. The highest BCUT2D eigenvalue weighted by molar-refractivity contribution is 5.40. The molecule has 0 amide bonds. The van der Waals surface area contributed by atoms with Crippen LogP contribution >= 0.6 is 0 Å². The molecule has 104 valence electrons. The van der Waals surface area contributed by atoms with Crippen LogP contribution in [0.3, 0.4) is 0 Å². The third kappa shape index (κ3) is 2.79. The zero-order chi connectivity index (χ0) is 13.2. The number of hydrogen-bond acceptors (Lipinski definition) is 2. The SMILES string of the molecule is CC(NC1CCCCC1C)c1ccc2c(c1)CCO2. The summed E-state index contributed by atoms with van der Waals surface area (Å²) >= 11 is 0. The molecule has 0 radical (unpaired) electrons. The molecule has 19 heavy (non-hydrogen) atoms. The molecule has 0 spiro atoms. The Labute approximate surface area is 116 Å². The first-order chi connectivity index (χ1) is 9.24. The Morgan fingerprint density at radius 1 is 1.26 bits per heavy atom. The molecule has 1 heterocycles. The number of benzene rings is 1. The molecule has 1 aliphatic heterocycles. The molecule has 1 aliphatic carbocycles. The third-order valence-corrected chi connectivity index (χ3v) is 4.79. The van der Waals surface area contributed by atoms with Crippen LogP contribution in [0, 0.1) is 5.92 Å². The van der Waals surface area contributed by atoms with Crippen LogP contribution in [0.5, 0.6) is 5.75 Å². The molecule has 3 rings (SSSR count). The second kappa shape index (κ2) is 5.54. The molecule has 3 unspecified atom stereocenters. The Hall–Kier alpha value is -1.02. The van der Waals surface area contributed by atoms with Gasteiger partial charge < -0.3 is 10.1 Å². The lowest BCUT2D eigenvalue weighted by Crippen LogP contribution is -2.38. The van der Waals surface area contributed by atoms with Crippen LogP contribution in [-0.2, 0) is 6.42 Å².